The molecule has 0 unspecified atom stereocenters. The molecule has 1 fully saturated rings. The summed E-state index contributed by atoms with van der Waals surface area (Å²) < 4.78 is 0. The van der Waals surface area contributed by atoms with Crippen LogP contribution in [-0.4, -0.2) is 29.8 Å². The average molecular weight is 334 g/mol. The molecule has 0 atom stereocenters. The summed E-state index contributed by atoms with van der Waals surface area (Å²) in [7, 11) is 0. The van der Waals surface area contributed by atoms with Gasteiger partial charge >= 0.3 is 0 Å². The molecule has 4 rings (SSSR count). The number of amides is 2. The first-order valence-electron chi connectivity index (χ1n) is 8.94. The first kappa shape index (κ1) is 15.9. The fourth-order valence-electron chi connectivity index (χ4n) is 3.71. The van der Waals surface area contributed by atoms with Crippen LogP contribution in [0, 0.1) is 0 Å². The summed E-state index contributed by atoms with van der Waals surface area (Å²) in [5.74, 6) is 0.357. The van der Waals surface area contributed by atoms with Crippen LogP contribution in [0.1, 0.15) is 29.5 Å². The topological polar surface area (TPSA) is 40.6 Å². The lowest BCUT2D eigenvalue weighted by atomic mass is 9.99. The van der Waals surface area contributed by atoms with Gasteiger partial charge in [0, 0.05) is 31.7 Å². The second kappa shape index (κ2) is 6.71. The van der Waals surface area contributed by atoms with Gasteiger partial charge in [0.25, 0.3) is 0 Å². The van der Waals surface area contributed by atoms with Crippen LogP contribution >= 0.6 is 0 Å². The smallest absolute Gasteiger partial charge is 0.227 e. The van der Waals surface area contributed by atoms with Crippen molar-refractivity contribution in [1.29, 1.82) is 0 Å². The van der Waals surface area contributed by atoms with E-state index in [2.05, 4.69) is 18.2 Å². The number of hydrogen-bond donors (Lipinski definition) is 0. The van der Waals surface area contributed by atoms with E-state index in [1.807, 2.05) is 40.1 Å². The van der Waals surface area contributed by atoms with E-state index in [0.717, 1.165) is 37.2 Å². The third-order valence-corrected chi connectivity index (χ3v) is 5.16. The summed E-state index contributed by atoms with van der Waals surface area (Å²) >= 11 is 0. The number of carbonyl (C=O) groups is 2. The van der Waals surface area contributed by atoms with Crippen LogP contribution in [0.3, 0.4) is 0 Å². The number of rotatable bonds is 3. The molecule has 0 radical (unpaired) electrons. The van der Waals surface area contributed by atoms with E-state index in [1.54, 1.807) is 0 Å². The zero-order valence-corrected chi connectivity index (χ0v) is 14.3. The molecule has 2 aliphatic rings. The van der Waals surface area contributed by atoms with Crippen molar-refractivity contribution in [1.82, 2.24) is 4.90 Å². The Morgan fingerprint density at radius 1 is 0.920 bits per heavy atom. The predicted octanol–water partition coefficient (Wildman–Crippen LogP) is 2.94. The molecule has 0 aliphatic carbocycles. The second-order valence-corrected chi connectivity index (χ2v) is 6.83. The van der Waals surface area contributed by atoms with E-state index in [0.29, 0.717) is 19.4 Å². The van der Waals surface area contributed by atoms with Gasteiger partial charge in [-0.15, -0.1) is 0 Å². The van der Waals surface area contributed by atoms with Crippen LogP contribution in [0.25, 0.3) is 0 Å². The molecule has 128 valence electrons. The summed E-state index contributed by atoms with van der Waals surface area (Å²) in [5.41, 5.74) is 4.54. The van der Waals surface area contributed by atoms with Gasteiger partial charge in [0.05, 0.1) is 6.42 Å². The van der Waals surface area contributed by atoms with E-state index in [-0.39, 0.29) is 11.8 Å². The minimum absolute atomic E-state index is 0.166. The second-order valence-electron chi connectivity index (χ2n) is 6.83. The maximum Gasteiger partial charge on any atom is 0.227 e. The summed E-state index contributed by atoms with van der Waals surface area (Å²) in [6, 6.07) is 16.2. The van der Waals surface area contributed by atoms with Crippen molar-refractivity contribution in [3.8, 4) is 0 Å². The molecule has 1 saturated heterocycles. The van der Waals surface area contributed by atoms with Crippen LogP contribution in [0.15, 0.2) is 48.5 Å². The summed E-state index contributed by atoms with van der Waals surface area (Å²) in [5, 5.41) is 0. The molecule has 2 amide bonds. The number of fused-ring (bicyclic) bond motifs is 1. The lowest BCUT2D eigenvalue weighted by Crippen LogP contribution is -2.36. The minimum atomic E-state index is 0.166. The van der Waals surface area contributed by atoms with E-state index in [9.17, 15) is 9.59 Å². The van der Waals surface area contributed by atoms with Crippen molar-refractivity contribution in [2.45, 2.75) is 32.2 Å². The molecule has 4 heteroatoms. The normalized spacial score (nSPS) is 16.9. The van der Waals surface area contributed by atoms with E-state index < -0.39 is 0 Å². The number of nitrogens with zero attached hydrogens (tertiary/aromatic N) is 2. The highest BCUT2D eigenvalue weighted by atomic mass is 16.2. The number of carbonyl (C=O) groups excluding carboxylic acids is 2. The monoisotopic (exact) mass is 334 g/mol. The quantitative estimate of drug-likeness (QED) is 0.866. The van der Waals surface area contributed by atoms with E-state index in [1.165, 1.54) is 11.1 Å². The molecule has 0 saturated carbocycles. The highest BCUT2D eigenvalue weighted by Gasteiger charge is 2.22. The molecule has 2 aromatic rings. The maximum absolute atomic E-state index is 12.6. The highest BCUT2D eigenvalue weighted by Crippen LogP contribution is 2.23. The van der Waals surface area contributed by atoms with Gasteiger partial charge in [-0.05, 0) is 41.7 Å². The summed E-state index contributed by atoms with van der Waals surface area (Å²) in [4.78, 5) is 28.2. The zero-order chi connectivity index (χ0) is 17.2. The molecule has 25 heavy (non-hydrogen) atoms. The Hall–Kier alpha value is -2.62. The van der Waals surface area contributed by atoms with Crippen molar-refractivity contribution in [3.05, 3.63) is 65.2 Å². The van der Waals surface area contributed by atoms with E-state index >= 15 is 0 Å². The van der Waals surface area contributed by atoms with Crippen molar-refractivity contribution >= 4 is 17.5 Å². The summed E-state index contributed by atoms with van der Waals surface area (Å²) in [6.07, 6.45) is 2.90. The molecule has 0 aromatic heterocycles. The van der Waals surface area contributed by atoms with Crippen LogP contribution in [0.2, 0.25) is 0 Å². The summed E-state index contributed by atoms with van der Waals surface area (Å²) in [6.45, 7) is 2.29. The van der Waals surface area contributed by atoms with Gasteiger partial charge in [-0.3, -0.25) is 9.59 Å². The molecule has 2 aromatic carbocycles. The van der Waals surface area contributed by atoms with Crippen LogP contribution < -0.4 is 4.90 Å². The number of anilines is 1. The first-order valence-corrected chi connectivity index (χ1v) is 8.94. The maximum atomic E-state index is 12.6. The lowest BCUT2D eigenvalue weighted by molar-refractivity contribution is -0.131. The largest absolute Gasteiger partial charge is 0.338 e. The molecular weight excluding hydrogens is 312 g/mol. The third-order valence-electron chi connectivity index (χ3n) is 5.16. The van der Waals surface area contributed by atoms with Gasteiger partial charge < -0.3 is 9.80 Å². The number of hydrogen-bond acceptors (Lipinski definition) is 2. The van der Waals surface area contributed by atoms with Crippen LogP contribution in [0.4, 0.5) is 5.69 Å². The molecule has 2 aliphatic heterocycles. The molecule has 0 spiro atoms. The zero-order valence-electron chi connectivity index (χ0n) is 14.3. The van der Waals surface area contributed by atoms with E-state index in [4.69, 9.17) is 0 Å². The van der Waals surface area contributed by atoms with Gasteiger partial charge in [0.2, 0.25) is 11.8 Å². The van der Waals surface area contributed by atoms with Gasteiger partial charge in [0.15, 0.2) is 0 Å². The molecule has 4 nitrogen and oxygen atoms in total. The Labute approximate surface area is 148 Å². The fourth-order valence-corrected chi connectivity index (χ4v) is 3.71. The Morgan fingerprint density at radius 2 is 1.68 bits per heavy atom. The Kier molecular flexibility index (Phi) is 4.26. The first-order chi connectivity index (χ1) is 12.2. The van der Waals surface area contributed by atoms with Gasteiger partial charge in [-0.25, -0.2) is 0 Å². The van der Waals surface area contributed by atoms with Crippen LogP contribution in [0.5, 0.6) is 0 Å². The van der Waals surface area contributed by atoms with Crippen molar-refractivity contribution in [2.24, 2.45) is 0 Å². The van der Waals surface area contributed by atoms with Gasteiger partial charge in [0.1, 0.15) is 0 Å². The number of benzene rings is 2. The minimum Gasteiger partial charge on any atom is -0.338 e. The van der Waals surface area contributed by atoms with Crippen molar-refractivity contribution in [3.63, 3.8) is 0 Å². The van der Waals surface area contributed by atoms with Gasteiger partial charge in [-0.2, -0.15) is 0 Å². The highest BCUT2D eigenvalue weighted by molar-refractivity contribution is 5.95. The van der Waals surface area contributed by atoms with Crippen molar-refractivity contribution < 1.29 is 9.59 Å². The SMILES string of the molecule is O=C(Cc1ccc(N2CCCC2=O)cc1)N1CCc2ccccc2C1. The fraction of sp³-hybridized carbons (Fsp3) is 0.333. The van der Waals surface area contributed by atoms with Crippen LogP contribution in [-0.2, 0) is 29.0 Å². The average Bonchev–Trinajstić information content (AvgIpc) is 3.08. The molecule has 0 N–H and O–H groups in total. The Morgan fingerprint density at radius 3 is 2.40 bits per heavy atom. The third kappa shape index (κ3) is 3.29. The van der Waals surface area contributed by atoms with Gasteiger partial charge in [-0.1, -0.05) is 36.4 Å². The Balaban J connectivity index is 1.40. The lowest BCUT2D eigenvalue weighted by Gasteiger charge is -2.29. The van der Waals surface area contributed by atoms with Crippen molar-refractivity contribution in [2.75, 3.05) is 18.0 Å². The standard InChI is InChI=1S/C21H22N2O2/c24-20-6-3-12-23(20)19-9-7-16(8-10-19)14-21(25)22-13-11-17-4-1-2-5-18(17)15-22/h1-2,4-5,7-10H,3,6,11-15H2. The molecule has 0 bridgehead atoms. The predicted molar refractivity (Wildman–Crippen MR) is 97.3 cm³/mol. The molecule has 2 heterocycles. The molecular formula is C21H22N2O2. The Bertz CT molecular complexity index is 798.